The molecule has 1 saturated heterocycles. The van der Waals surface area contributed by atoms with Crippen molar-refractivity contribution >= 4 is 28.9 Å². The molecule has 5 rings (SSSR count). The summed E-state index contributed by atoms with van der Waals surface area (Å²) in [6.07, 6.45) is 4.75. The predicted octanol–water partition coefficient (Wildman–Crippen LogP) is 5.58. The number of para-hydroxylation sites is 1. The van der Waals surface area contributed by atoms with Crippen molar-refractivity contribution in [2.45, 2.75) is 31.8 Å². The van der Waals surface area contributed by atoms with E-state index >= 15 is 0 Å². The Kier molecular flexibility index (Phi) is 7.28. The van der Waals surface area contributed by atoms with Gasteiger partial charge in [-0.1, -0.05) is 37.3 Å². The first-order chi connectivity index (χ1) is 18.0. The van der Waals surface area contributed by atoms with Gasteiger partial charge in [-0.2, -0.15) is 0 Å². The van der Waals surface area contributed by atoms with Gasteiger partial charge < -0.3 is 20.1 Å². The molecule has 0 bridgehead atoms. The van der Waals surface area contributed by atoms with Gasteiger partial charge in [-0.3, -0.25) is 9.78 Å². The van der Waals surface area contributed by atoms with Crippen molar-refractivity contribution in [3.8, 4) is 5.69 Å². The van der Waals surface area contributed by atoms with Crippen molar-refractivity contribution in [2.75, 3.05) is 11.9 Å². The van der Waals surface area contributed by atoms with Crippen LogP contribution >= 0.6 is 12.2 Å². The van der Waals surface area contributed by atoms with E-state index in [1.165, 1.54) is 12.1 Å². The Morgan fingerprint density at radius 2 is 1.92 bits per heavy atom. The third-order valence-electron chi connectivity index (χ3n) is 6.62. The summed E-state index contributed by atoms with van der Waals surface area (Å²) in [5.74, 6) is -0.386. The molecule has 188 valence electrons. The number of hydrogen-bond donors (Lipinski definition) is 2. The smallest absolute Gasteiger partial charge is 0.226 e. The highest BCUT2D eigenvalue weighted by Gasteiger charge is 2.41. The van der Waals surface area contributed by atoms with Crippen LogP contribution in [0.4, 0.5) is 10.1 Å². The predicted molar refractivity (Wildman–Crippen MR) is 147 cm³/mol. The maximum atomic E-state index is 14.1. The first-order valence-electron chi connectivity index (χ1n) is 12.3. The largest absolute Gasteiger partial charge is 0.352 e. The van der Waals surface area contributed by atoms with Crippen LogP contribution < -0.4 is 10.6 Å². The van der Waals surface area contributed by atoms with Gasteiger partial charge in [-0.25, -0.2) is 4.39 Å². The van der Waals surface area contributed by atoms with E-state index in [4.69, 9.17) is 12.2 Å². The van der Waals surface area contributed by atoms with E-state index in [9.17, 15) is 9.18 Å². The standard InChI is InChI=1S/C29H28FN5OS/c1-2-20-9-3-4-12-23(20)32-26(36)15-18-35-28(27(33-29(35)37)24-13-5-6-16-31-24)25-14-8-17-34(25)22-11-7-10-21(30)19-22/h3-14,16-17,19,27-28H,2,15,18H2,1H3,(H,32,36)(H,33,37)/t27-,28+/m1/s1. The molecule has 37 heavy (non-hydrogen) atoms. The van der Waals surface area contributed by atoms with Crippen LogP contribution in [0.3, 0.4) is 0 Å². The van der Waals surface area contributed by atoms with Gasteiger partial charge in [-0.15, -0.1) is 0 Å². The maximum absolute atomic E-state index is 14.1. The number of halogens is 1. The summed E-state index contributed by atoms with van der Waals surface area (Å²) >= 11 is 5.76. The Balaban J connectivity index is 1.44. The number of aryl methyl sites for hydroxylation is 1. The number of nitrogens with one attached hydrogen (secondary N) is 2. The van der Waals surface area contributed by atoms with Gasteiger partial charge in [0.15, 0.2) is 5.11 Å². The zero-order valence-corrected chi connectivity index (χ0v) is 21.3. The van der Waals surface area contributed by atoms with Gasteiger partial charge in [0, 0.05) is 42.4 Å². The first-order valence-corrected chi connectivity index (χ1v) is 12.7. The average molecular weight is 514 g/mol. The van der Waals surface area contributed by atoms with E-state index in [0.29, 0.717) is 17.3 Å². The minimum atomic E-state index is -0.306. The van der Waals surface area contributed by atoms with E-state index in [2.05, 4.69) is 22.5 Å². The van der Waals surface area contributed by atoms with Gasteiger partial charge >= 0.3 is 0 Å². The van der Waals surface area contributed by atoms with Crippen LogP contribution in [0.25, 0.3) is 5.69 Å². The molecule has 3 heterocycles. The Morgan fingerprint density at radius 1 is 1.08 bits per heavy atom. The van der Waals surface area contributed by atoms with Crippen LogP contribution in [0.15, 0.2) is 91.3 Å². The molecule has 0 aliphatic carbocycles. The molecule has 4 aromatic rings. The number of thiocarbonyl (C=S) groups is 1. The molecule has 2 aromatic carbocycles. The van der Waals surface area contributed by atoms with Crippen molar-refractivity contribution in [1.29, 1.82) is 0 Å². The molecule has 1 amide bonds. The zero-order chi connectivity index (χ0) is 25.8. The number of carbonyl (C=O) groups excluding carboxylic acids is 1. The molecule has 0 saturated carbocycles. The number of carbonyl (C=O) groups is 1. The number of aromatic nitrogens is 2. The van der Waals surface area contributed by atoms with Crippen LogP contribution in [-0.4, -0.2) is 32.0 Å². The highest BCUT2D eigenvalue weighted by molar-refractivity contribution is 7.80. The molecule has 1 aliphatic heterocycles. The number of nitrogens with zero attached hydrogens (tertiary/aromatic N) is 3. The lowest BCUT2D eigenvalue weighted by atomic mass is 10.0. The van der Waals surface area contributed by atoms with Crippen LogP contribution in [0, 0.1) is 5.82 Å². The van der Waals surface area contributed by atoms with Crippen LogP contribution in [-0.2, 0) is 11.2 Å². The van der Waals surface area contributed by atoms with E-state index < -0.39 is 0 Å². The van der Waals surface area contributed by atoms with Crippen LogP contribution in [0.1, 0.15) is 42.4 Å². The second kappa shape index (κ2) is 10.9. The van der Waals surface area contributed by atoms with E-state index in [0.717, 1.165) is 29.1 Å². The van der Waals surface area contributed by atoms with Gasteiger partial charge in [0.05, 0.1) is 17.8 Å². The second-order valence-electron chi connectivity index (χ2n) is 8.91. The number of benzene rings is 2. The molecule has 6 nitrogen and oxygen atoms in total. The molecular formula is C29H28FN5OS. The lowest BCUT2D eigenvalue weighted by Gasteiger charge is -2.29. The highest BCUT2D eigenvalue weighted by atomic mass is 32.1. The van der Waals surface area contributed by atoms with Crippen molar-refractivity contribution in [3.63, 3.8) is 0 Å². The van der Waals surface area contributed by atoms with Crippen molar-refractivity contribution in [1.82, 2.24) is 19.8 Å². The normalized spacial score (nSPS) is 17.0. The van der Waals surface area contributed by atoms with Crippen molar-refractivity contribution < 1.29 is 9.18 Å². The third-order valence-corrected chi connectivity index (χ3v) is 6.97. The molecule has 2 aromatic heterocycles. The van der Waals surface area contributed by atoms with Gasteiger partial charge in [0.25, 0.3) is 0 Å². The monoisotopic (exact) mass is 513 g/mol. The van der Waals surface area contributed by atoms with Gasteiger partial charge in [0.1, 0.15) is 5.82 Å². The number of anilines is 1. The Labute approximate surface area is 221 Å². The first kappa shape index (κ1) is 24.6. The lowest BCUT2D eigenvalue weighted by Crippen LogP contribution is -2.33. The van der Waals surface area contributed by atoms with E-state index in [1.54, 1.807) is 12.3 Å². The summed E-state index contributed by atoms with van der Waals surface area (Å²) in [6, 6.07) is 23.5. The SMILES string of the molecule is CCc1ccccc1NC(=O)CCN1C(=S)N[C@H](c2ccccn2)[C@@H]1c1cccn1-c1cccc(F)c1. The van der Waals surface area contributed by atoms with Crippen molar-refractivity contribution in [3.05, 3.63) is 114 Å². The summed E-state index contributed by atoms with van der Waals surface area (Å²) in [5, 5.41) is 7.01. The minimum Gasteiger partial charge on any atom is -0.352 e. The lowest BCUT2D eigenvalue weighted by molar-refractivity contribution is -0.116. The fourth-order valence-electron chi connectivity index (χ4n) is 4.85. The number of amides is 1. The summed E-state index contributed by atoms with van der Waals surface area (Å²) in [4.78, 5) is 19.6. The summed E-state index contributed by atoms with van der Waals surface area (Å²) in [6.45, 7) is 2.48. The Bertz CT molecular complexity index is 1410. The number of hydrogen-bond acceptors (Lipinski definition) is 3. The quantitative estimate of drug-likeness (QED) is 0.302. The summed E-state index contributed by atoms with van der Waals surface area (Å²) in [7, 11) is 0. The fourth-order valence-corrected chi connectivity index (χ4v) is 5.18. The zero-order valence-electron chi connectivity index (χ0n) is 20.5. The molecule has 0 unspecified atom stereocenters. The number of pyridine rings is 1. The van der Waals surface area contributed by atoms with E-state index in [1.807, 2.05) is 76.3 Å². The molecular weight excluding hydrogens is 485 g/mol. The maximum Gasteiger partial charge on any atom is 0.226 e. The fraction of sp³-hybridized carbons (Fsp3) is 0.207. The Morgan fingerprint density at radius 3 is 2.70 bits per heavy atom. The minimum absolute atomic E-state index is 0.0794. The second-order valence-corrected chi connectivity index (χ2v) is 9.30. The van der Waals surface area contributed by atoms with Gasteiger partial charge in [0.2, 0.25) is 5.91 Å². The molecule has 0 spiro atoms. The van der Waals surface area contributed by atoms with E-state index in [-0.39, 0.29) is 30.2 Å². The van der Waals surface area contributed by atoms with Crippen molar-refractivity contribution in [2.24, 2.45) is 0 Å². The summed E-state index contributed by atoms with van der Waals surface area (Å²) in [5.41, 5.74) is 4.40. The highest BCUT2D eigenvalue weighted by Crippen LogP contribution is 2.39. The molecule has 1 aliphatic rings. The van der Waals surface area contributed by atoms with Crippen LogP contribution in [0.5, 0.6) is 0 Å². The molecule has 1 fully saturated rings. The topological polar surface area (TPSA) is 62.2 Å². The average Bonchev–Trinajstić information content (AvgIpc) is 3.52. The summed E-state index contributed by atoms with van der Waals surface area (Å²) < 4.78 is 16.0. The molecule has 0 radical (unpaired) electrons. The Hall–Kier alpha value is -4.04. The van der Waals surface area contributed by atoms with Gasteiger partial charge in [-0.05, 0) is 72.7 Å². The molecule has 2 N–H and O–H groups in total. The van der Waals surface area contributed by atoms with Crippen LogP contribution in [0.2, 0.25) is 0 Å². The molecule has 2 atom stereocenters. The third kappa shape index (κ3) is 5.24. The number of rotatable bonds is 8. The molecule has 8 heteroatoms.